The largest absolute Gasteiger partial charge is 0.500 e. The molecule has 0 bridgehead atoms. The first-order chi connectivity index (χ1) is 16.4. The van der Waals surface area contributed by atoms with E-state index >= 15 is 0 Å². The molecular weight excluding hydrogens is 470 g/mol. The maximum absolute atomic E-state index is 12.5. The number of carbonyl (C=O) groups excluding carboxylic acids is 3. The first-order valence-electron chi connectivity index (χ1n) is 12.6. The molecule has 0 aromatic heterocycles. The van der Waals surface area contributed by atoms with E-state index in [-0.39, 0.29) is 22.8 Å². The monoisotopic (exact) mass is 515 g/mol. The van der Waals surface area contributed by atoms with Crippen molar-refractivity contribution in [1.29, 1.82) is 0 Å². The van der Waals surface area contributed by atoms with Crippen LogP contribution in [0.3, 0.4) is 0 Å². The van der Waals surface area contributed by atoms with E-state index in [0.717, 1.165) is 12.8 Å². The maximum atomic E-state index is 12.5. The Morgan fingerprint density at radius 2 is 1.69 bits per heavy atom. The van der Waals surface area contributed by atoms with E-state index in [1.165, 1.54) is 0 Å². The molecule has 0 saturated heterocycles. The maximum Gasteiger partial charge on any atom is 0.500 e. The number of nitrogens with zero attached hydrogens (tertiary/aromatic N) is 1. The Hall–Kier alpha value is -1.78. The van der Waals surface area contributed by atoms with Crippen molar-refractivity contribution in [2.24, 2.45) is 15.8 Å². The van der Waals surface area contributed by atoms with Crippen LogP contribution in [-0.2, 0) is 27.6 Å². The fraction of sp³-hybridized carbons (Fsp3) is 0.875. The molecule has 1 aliphatic rings. The van der Waals surface area contributed by atoms with Crippen molar-refractivity contribution < 1.29 is 32.4 Å². The van der Waals surface area contributed by atoms with Crippen LogP contribution in [-0.4, -0.2) is 71.9 Å². The van der Waals surface area contributed by atoms with Gasteiger partial charge >= 0.3 is 14.9 Å². The average Bonchev–Trinajstić information content (AvgIpc) is 2.74. The zero-order valence-corrected chi connectivity index (χ0v) is 23.5. The first kappa shape index (κ1) is 31.2. The van der Waals surface area contributed by atoms with E-state index in [2.05, 4.69) is 36.4 Å². The van der Waals surface area contributed by atoms with Gasteiger partial charge in [-0.05, 0) is 64.2 Å². The number of carbonyl (C=O) groups is 2. The third-order valence-corrected chi connectivity index (χ3v) is 9.15. The zero-order valence-electron chi connectivity index (χ0n) is 22.5. The molecule has 0 spiro atoms. The molecule has 0 heterocycles. The normalized spacial score (nSPS) is 22.5. The number of aliphatic imine (C=N–C) groups is 1. The summed E-state index contributed by atoms with van der Waals surface area (Å²) in [5.41, 5.74) is -0.252. The van der Waals surface area contributed by atoms with Crippen molar-refractivity contribution in [3.8, 4) is 0 Å². The van der Waals surface area contributed by atoms with Crippen molar-refractivity contribution >= 4 is 26.9 Å². The Kier molecular flexibility index (Phi) is 13.1. The smallest absolute Gasteiger partial charge is 0.436 e. The Labute approximate surface area is 211 Å². The van der Waals surface area contributed by atoms with Crippen LogP contribution in [0.25, 0.3) is 0 Å². The van der Waals surface area contributed by atoms with Crippen molar-refractivity contribution in [3.63, 3.8) is 0 Å². The van der Waals surface area contributed by atoms with Crippen LogP contribution in [0.1, 0.15) is 74.1 Å². The van der Waals surface area contributed by atoms with Gasteiger partial charge in [-0.2, -0.15) is 0 Å². The van der Waals surface area contributed by atoms with Crippen molar-refractivity contribution in [2.75, 3.05) is 32.9 Å². The summed E-state index contributed by atoms with van der Waals surface area (Å²) in [5.74, 6) is -0.370. The number of hydrogen-bond donors (Lipinski definition) is 2. The molecule has 3 unspecified atom stereocenters. The number of hydrogen-bond acceptors (Lipinski definition) is 8. The van der Waals surface area contributed by atoms with E-state index in [9.17, 15) is 14.4 Å². The number of nitrogens with one attached hydrogen (secondary N) is 2. The molecule has 0 aromatic rings. The molecule has 202 valence electrons. The summed E-state index contributed by atoms with van der Waals surface area (Å²) >= 11 is 0. The van der Waals surface area contributed by atoms with Crippen molar-refractivity contribution in [3.05, 3.63) is 0 Å². The fourth-order valence-electron chi connectivity index (χ4n) is 5.16. The molecule has 1 rings (SSSR count). The molecule has 1 fully saturated rings. The van der Waals surface area contributed by atoms with E-state index in [1.54, 1.807) is 13.0 Å². The topological polar surface area (TPSA) is 125 Å². The van der Waals surface area contributed by atoms with Gasteiger partial charge < -0.3 is 28.6 Å². The van der Waals surface area contributed by atoms with Crippen molar-refractivity contribution in [1.82, 2.24) is 10.6 Å². The van der Waals surface area contributed by atoms with Gasteiger partial charge in [0.15, 0.2) is 6.10 Å². The van der Waals surface area contributed by atoms with Crippen LogP contribution in [0.2, 0.25) is 6.04 Å². The SMILES string of the molecule is CCO[Si](CCCNC(=O)C(C)OC(=O)NC1CC(C)(C)CC(C)(CN=C=O)C1)(OCC)OCC. The van der Waals surface area contributed by atoms with Gasteiger partial charge in [0, 0.05) is 38.5 Å². The predicted octanol–water partition coefficient (Wildman–Crippen LogP) is 3.58. The summed E-state index contributed by atoms with van der Waals surface area (Å²) in [7, 11) is -2.75. The second-order valence-corrected chi connectivity index (χ2v) is 13.0. The molecule has 0 radical (unpaired) electrons. The first-order valence-corrected chi connectivity index (χ1v) is 14.6. The zero-order chi connectivity index (χ0) is 26.5. The lowest BCUT2D eigenvalue weighted by atomic mass is 9.62. The van der Waals surface area contributed by atoms with E-state index in [0.29, 0.717) is 51.8 Å². The minimum absolute atomic E-state index is 0.0324. The molecule has 2 N–H and O–H groups in total. The Morgan fingerprint density at radius 3 is 2.23 bits per heavy atom. The molecular formula is C24H45N3O7Si. The highest BCUT2D eigenvalue weighted by Crippen LogP contribution is 2.46. The molecule has 0 aliphatic heterocycles. The third kappa shape index (κ3) is 11.2. The van der Waals surface area contributed by atoms with Gasteiger partial charge in [-0.1, -0.05) is 20.8 Å². The van der Waals surface area contributed by atoms with E-state index < -0.39 is 21.0 Å². The second kappa shape index (κ2) is 14.7. The highest BCUT2D eigenvalue weighted by atomic mass is 28.4. The fourth-order valence-corrected chi connectivity index (χ4v) is 7.77. The Bertz CT molecular complexity index is 713. The van der Waals surface area contributed by atoms with Crippen LogP contribution in [0, 0.1) is 10.8 Å². The minimum Gasteiger partial charge on any atom is -0.436 e. The van der Waals surface area contributed by atoms with Crippen LogP contribution in [0.4, 0.5) is 4.79 Å². The van der Waals surface area contributed by atoms with Gasteiger partial charge in [0.25, 0.3) is 5.91 Å². The predicted molar refractivity (Wildman–Crippen MR) is 135 cm³/mol. The standard InChI is InChI=1S/C24H45N3O7Si/c1-8-31-35(32-9-2,33-10-3)13-11-12-26-21(29)19(4)34-22(30)27-20-14-23(5,6)16-24(7,15-20)17-25-18-28/h19-20H,8-17H2,1-7H3,(H,26,29)(H,27,30). The van der Waals surface area contributed by atoms with Crippen LogP contribution >= 0.6 is 0 Å². The lowest BCUT2D eigenvalue weighted by molar-refractivity contribution is -0.128. The van der Waals surface area contributed by atoms with E-state index in [1.807, 2.05) is 20.8 Å². The highest BCUT2D eigenvalue weighted by molar-refractivity contribution is 6.60. The van der Waals surface area contributed by atoms with Gasteiger partial charge in [0.05, 0.1) is 6.54 Å². The minimum atomic E-state index is -2.75. The number of alkyl carbamates (subject to hydrolysis) is 1. The molecule has 3 atom stereocenters. The van der Waals surface area contributed by atoms with Gasteiger partial charge in [0.2, 0.25) is 6.08 Å². The number of rotatable bonds is 15. The van der Waals surface area contributed by atoms with Gasteiger partial charge in [-0.25, -0.2) is 14.6 Å². The third-order valence-electron chi connectivity index (χ3n) is 6.00. The Morgan fingerprint density at radius 1 is 1.09 bits per heavy atom. The van der Waals surface area contributed by atoms with Gasteiger partial charge in [0.1, 0.15) is 0 Å². The van der Waals surface area contributed by atoms with Gasteiger partial charge in [-0.3, -0.25) is 4.79 Å². The summed E-state index contributed by atoms with van der Waals surface area (Å²) < 4.78 is 22.8. The van der Waals surface area contributed by atoms with Gasteiger partial charge in [-0.15, -0.1) is 0 Å². The average molecular weight is 516 g/mol. The lowest BCUT2D eigenvalue weighted by Gasteiger charge is -2.45. The highest BCUT2D eigenvalue weighted by Gasteiger charge is 2.42. The lowest BCUT2D eigenvalue weighted by Crippen LogP contribution is -2.49. The molecule has 1 saturated carbocycles. The summed E-state index contributed by atoms with van der Waals surface area (Å²) in [6.45, 7) is 15.8. The van der Waals surface area contributed by atoms with E-state index in [4.69, 9.17) is 18.0 Å². The second-order valence-electron chi connectivity index (χ2n) is 10.2. The molecule has 1 aliphatic carbocycles. The summed E-state index contributed by atoms with van der Waals surface area (Å²) in [6.07, 6.45) is 2.99. The summed E-state index contributed by atoms with van der Waals surface area (Å²) in [6, 6.07) is 0.449. The number of isocyanates is 1. The Balaban J connectivity index is 2.53. The quantitative estimate of drug-likeness (QED) is 0.148. The molecule has 0 aromatic carbocycles. The van der Waals surface area contributed by atoms with Crippen molar-refractivity contribution in [2.45, 2.75) is 92.3 Å². The van der Waals surface area contributed by atoms with Crippen LogP contribution < -0.4 is 10.6 Å². The molecule has 2 amide bonds. The van der Waals surface area contributed by atoms with Crippen LogP contribution in [0.15, 0.2) is 4.99 Å². The molecule has 11 heteroatoms. The molecule has 10 nitrogen and oxygen atoms in total. The van der Waals surface area contributed by atoms with Crippen LogP contribution in [0.5, 0.6) is 0 Å². The molecule has 35 heavy (non-hydrogen) atoms. The number of amides is 2. The summed E-state index contributed by atoms with van der Waals surface area (Å²) in [4.78, 5) is 39.3. The number of ether oxygens (including phenoxy) is 1. The summed E-state index contributed by atoms with van der Waals surface area (Å²) in [5, 5.41) is 5.70.